The SMILES string of the molecule is CCOC(=O)c1ccn(CC(=O)c2cc(OC)ccc2OC)n1. The molecule has 23 heavy (non-hydrogen) atoms. The molecule has 0 aliphatic rings. The molecule has 0 aliphatic carbocycles. The molecule has 0 saturated heterocycles. The van der Waals surface area contributed by atoms with E-state index in [0.717, 1.165) is 0 Å². The van der Waals surface area contributed by atoms with Gasteiger partial charge in [0.05, 0.1) is 26.4 Å². The van der Waals surface area contributed by atoms with Gasteiger partial charge in [0.25, 0.3) is 0 Å². The lowest BCUT2D eigenvalue weighted by molar-refractivity contribution is 0.0517. The van der Waals surface area contributed by atoms with E-state index in [1.165, 1.54) is 25.0 Å². The van der Waals surface area contributed by atoms with Gasteiger partial charge in [0.2, 0.25) is 0 Å². The van der Waals surface area contributed by atoms with Gasteiger partial charge >= 0.3 is 5.97 Å². The van der Waals surface area contributed by atoms with E-state index in [9.17, 15) is 9.59 Å². The number of aromatic nitrogens is 2. The molecule has 0 N–H and O–H groups in total. The number of hydrogen-bond acceptors (Lipinski definition) is 6. The van der Waals surface area contributed by atoms with Crippen LogP contribution in [0, 0.1) is 0 Å². The normalized spacial score (nSPS) is 10.2. The van der Waals surface area contributed by atoms with Crippen LogP contribution in [0.15, 0.2) is 30.5 Å². The number of benzene rings is 1. The number of ether oxygens (including phenoxy) is 3. The molecule has 0 atom stereocenters. The van der Waals surface area contributed by atoms with Crippen molar-refractivity contribution in [3.8, 4) is 11.5 Å². The van der Waals surface area contributed by atoms with E-state index in [1.807, 2.05) is 0 Å². The van der Waals surface area contributed by atoms with Crippen LogP contribution < -0.4 is 9.47 Å². The molecular weight excluding hydrogens is 300 g/mol. The first-order chi connectivity index (χ1) is 11.1. The van der Waals surface area contributed by atoms with Gasteiger partial charge in [-0.05, 0) is 31.2 Å². The van der Waals surface area contributed by atoms with Gasteiger partial charge in [0.15, 0.2) is 11.5 Å². The first-order valence-electron chi connectivity index (χ1n) is 7.04. The number of carbonyl (C=O) groups is 2. The Morgan fingerprint density at radius 2 is 1.96 bits per heavy atom. The van der Waals surface area contributed by atoms with Crippen LogP contribution in [0.5, 0.6) is 11.5 Å². The molecule has 1 aromatic heterocycles. The van der Waals surface area contributed by atoms with E-state index in [-0.39, 0.29) is 24.6 Å². The summed E-state index contributed by atoms with van der Waals surface area (Å²) in [5, 5.41) is 4.04. The van der Waals surface area contributed by atoms with Crippen LogP contribution in [-0.2, 0) is 11.3 Å². The average Bonchev–Trinajstić information content (AvgIpc) is 3.03. The Morgan fingerprint density at radius 1 is 1.17 bits per heavy atom. The van der Waals surface area contributed by atoms with Gasteiger partial charge in [0, 0.05) is 6.20 Å². The average molecular weight is 318 g/mol. The molecule has 7 heteroatoms. The molecule has 0 aliphatic heterocycles. The number of hydrogen-bond donors (Lipinski definition) is 0. The molecule has 0 bridgehead atoms. The highest BCUT2D eigenvalue weighted by Gasteiger charge is 2.16. The Morgan fingerprint density at radius 3 is 2.61 bits per heavy atom. The van der Waals surface area contributed by atoms with Gasteiger partial charge in [-0.15, -0.1) is 0 Å². The topological polar surface area (TPSA) is 79.7 Å². The first-order valence-corrected chi connectivity index (χ1v) is 7.04. The molecule has 0 unspecified atom stereocenters. The monoisotopic (exact) mass is 318 g/mol. The van der Waals surface area contributed by atoms with E-state index in [0.29, 0.717) is 17.1 Å². The van der Waals surface area contributed by atoms with E-state index in [1.54, 1.807) is 31.3 Å². The van der Waals surface area contributed by atoms with Crippen molar-refractivity contribution in [1.29, 1.82) is 0 Å². The summed E-state index contributed by atoms with van der Waals surface area (Å²) in [6.45, 7) is 1.96. The molecule has 122 valence electrons. The van der Waals surface area contributed by atoms with Crippen LogP contribution in [0.1, 0.15) is 27.8 Å². The smallest absolute Gasteiger partial charge is 0.358 e. The fraction of sp³-hybridized carbons (Fsp3) is 0.312. The van der Waals surface area contributed by atoms with Crippen LogP contribution in [-0.4, -0.2) is 42.4 Å². The number of carbonyl (C=O) groups excluding carboxylic acids is 2. The van der Waals surface area contributed by atoms with Gasteiger partial charge < -0.3 is 14.2 Å². The second-order valence-electron chi connectivity index (χ2n) is 4.61. The zero-order valence-corrected chi connectivity index (χ0v) is 13.2. The molecular formula is C16H18N2O5. The lowest BCUT2D eigenvalue weighted by atomic mass is 10.1. The van der Waals surface area contributed by atoms with Crippen molar-refractivity contribution in [3.63, 3.8) is 0 Å². The standard InChI is InChI=1S/C16H18N2O5/c1-4-23-16(20)13-7-8-18(17-13)10-14(19)12-9-11(21-2)5-6-15(12)22-3/h5-9H,4,10H2,1-3H3. The Hall–Kier alpha value is -2.83. The highest BCUT2D eigenvalue weighted by Crippen LogP contribution is 2.24. The molecule has 0 saturated carbocycles. The number of esters is 1. The van der Waals surface area contributed by atoms with Crippen LogP contribution in [0.4, 0.5) is 0 Å². The third-order valence-electron chi connectivity index (χ3n) is 3.14. The van der Waals surface area contributed by atoms with E-state index >= 15 is 0 Å². The number of nitrogens with zero attached hydrogens (tertiary/aromatic N) is 2. The lowest BCUT2D eigenvalue weighted by Crippen LogP contribution is -2.13. The number of rotatable bonds is 7. The number of methoxy groups -OCH3 is 2. The maximum Gasteiger partial charge on any atom is 0.358 e. The van der Waals surface area contributed by atoms with Gasteiger partial charge in [-0.3, -0.25) is 9.48 Å². The highest BCUT2D eigenvalue weighted by molar-refractivity contribution is 5.99. The third-order valence-corrected chi connectivity index (χ3v) is 3.14. The molecule has 0 fully saturated rings. The van der Waals surface area contributed by atoms with Crippen LogP contribution in [0.25, 0.3) is 0 Å². The summed E-state index contributed by atoms with van der Waals surface area (Å²) in [6.07, 6.45) is 1.55. The molecule has 0 radical (unpaired) electrons. The van der Waals surface area contributed by atoms with Crippen molar-refractivity contribution in [2.24, 2.45) is 0 Å². The van der Waals surface area contributed by atoms with Crippen molar-refractivity contribution in [3.05, 3.63) is 41.7 Å². The number of Topliss-reactive ketones (excluding diaryl/α,β-unsaturated/α-hetero) is 1. The largest absolute Gasteiger partial charge is 0.497 e. The molecule has 1 aromatic carbocycles. The summed E-state index contributed by atoms with van der Waals surface area (Å²) >= 11 is 0. The van der Waals surface area contributed by atoms with Crippen molar-refractivity contribution in [1.82, 2.24) is 9.78 Å². The van der Waals surface area contributed by atoms with Gasteiger partial charge in [0.1, 0.15) is 18.0 Å². The fourth-order valence-corrected chi connectivity index (χ4v) is 2.03. The molecule has 2 aromatic rings. The molecule has 0 spiro atoms. The Labute approximate surface area is 133 Å². The van der Waals surface area contributed by atoms with Gasteiger partial charge in [-0.1, -0.05) is 0 Å². The molecule has 0 amide bonds. The highest BCUT2D eigenvalue weighted by atomic mass is 16.5. The maximum atomic E-state index is 12.5. The molecule has 2 rings (SSSR count). The fourth-order valence-electron chi connectivity index (χ4n) is 2.03. The molecule has 7 nitrogen and oxygen atoms in total. The van der Waals surface area contributed by atoms with Gasteiger partial charge in [-0.25, -0.2) is 4.79 Å². The van der Waals surface area contributed by atoms with Gasteiger partial charge in [-0.2, -0.15) is 5.10 Å². The molecule has 1 heterocycles. The zero-order valence-electron chi connectivity index (χ0n) is 13.2. The number of ketones is 1. The Bertz CT molecular complexity index is 708. The summed E-state index contributed by atoms with van der Waals surface area (Å²) in [5.74, 6) is 0.285. The maximum absolute atomic E-state index is 12.5. The summed E-state index contributed by atoms with van der Waals surface area (Å²) in [7, 11) is 3.01. The van der Waals surface area contributed by atoms with Crippen molar-refractivity contribution in [2.75, 3.05) is 20.8 Å². The minimum Gasteiger partial charge on any atom is -0.497 e. The predicted octanol–water partition coefficient (Wildman–Crippen LogP) is 1.96. The van der Waals surface area contributed by atoms with Crippen molar-refractivity contribution < 1.29 is 23.8 Å². The van der Waals surface area contributed by atoms with Crippen molar-refractivity contribution in [2.45, 2.75) is 13.5 Å². The second kappa shape index (κ2) is 7.44. The second-order valence-corrected chi connectivity index (χ2v) is 4.61. The van der Waals surface area contributed by atoms with Crippen LogP contribution in [0.3, 0.4) is 0 Å². The summed E-state index contributed by atoms with van der Waals surface area (Å²) in [6, 6.07) is 6.49. The quantitative estimate of drug-likeness (QED) is 0.573. The summed E-state index contributed by atoms with van der Waals surface area (Å²) < 4.78 is 16.6. The third kappa shape index (κ3) is 3.88. The minimum absolute atomic E-state index is 0.0249. The zero-order chi connectivity index (χ0) is 16.8. The summed E-state index contributed by atoms with van der Waals surface area (Å²) in [4.78, 5) is 24.0. The Kier molecular flexibility index (Phi) is 5.35. The van der Waals surface area contributed by atoms with E-state index in [2.05, 4.69) is 5.10 Å². The minimum atomic E-state index is -0.516. The van der Waals surface area contributed by atoms with Crippen LogP contribution in [0.2, 0.25) is 0 Å². The van der Waals surface area contributed by atoms with Crippen LogP contribution >= 0.6 is 0 Å². The Balaban J connectivity index is 2.17. The van der Waals surface area contributed by atoms with E-state index < -0.39 is 5.97 Å². The predicted molar refractivity (Wildman–Crippen MR) is 82.1 cm³/mol. The first kappa shape index (κ1) is 16.5. The van der Waals surface area contributed by atoms with E-state index in [4.69, 9.17) is 14.2 Å². The lowest BCUT2D eigenvalue weighted by Gasteiger charge is -2.09. The van der Waals surface area contributed by atoms with Crippen molar-refractivity contribution >= 4 is 11.8 Å². The summed E-state index contributed by atoms with van der Waals surface area (Å²) in [5.41, 5.74) is 0.553.